The fraction of sp³-hybridized carbons (Fsp3) is 0.684. The molecule has 18 heteroatoms. The Balaban J connectivity index is 0.00000410. The van der Waals surface area contributed by atoms with Crippen LogP contribution in [-0.4, -0.2) is 48.3 Å². The van der Waals surface area contributed by atoms with Crippen LogP contribution in [0.1, 0.15) is 37.8 Å². The number of alkyl halides is 17. The van der Waals surface area contributed by atoms with Gasteiger partial charge in [0.1, 0.15) is 0 Å². The summed E-state index contributed by atoms with van der Waals surface area (Å²) in [5.41, 5.74) is 2.73. The van der Waals surface area contributed by atoms with E-state index < -0.39 is 59.1 Å². The van der Waals surface area contributed by atoms with Crippen molar-refractivity contribution in [1.29, 1.82) is 0 Å². The molecule has 0 aliphatic carbocycles. The highest BCUT2D eigenvalue weighted by Gasteiger charge is 2.95. The number of halogens is 17. The second-order valence-corrected chi connectivity index (χ2v) is 7.70. The first-order chi connectivity index (χ1) is 16.1. The van der Waals surface area contributed by atoms with Crippen LogP contribution in [0.3, 0.4) is 0 Å². The van der Waals surface area contributed by atoms with Gasteiger partial charge in [-0.05, 0) is 18.0 Å². The van der Waals surface area contributed by atoms with E-state index in [1.807, 2.05) is 6.92 Å². The molecule has 1 nitrogen and oxygen atoms in total. The average molecular weight is 583 g/mol. The maximum Gasteiger partial charge on any atom is 0.460 e. The standard InChI is InChI=1S/C17H11F17.C2H7N/c1-7(2)8-3-5-9(6-4-8)10(18,19)11(20,21)12(22,23)13(24,25)14(26,27)15(28,29)16(30,31)17(32,33)34;1-2-3/h3-7H,1-2H3;2-3H2,1H3. The Morgan fingerprint density at radius 1 is 0.541 bits per heavy atom. The predicted octanol–water partition coefficient (Wildman–Crippen LogP) is 8.24. The van der Waals surface area contributed by atoms with Crippen LogP contribution in [-0.2, 0) is 5.92 Å². The Hall–Kier alpha value is -2.01. The van der Waals surface area contributed by atoms with Crippen molar-refractivity contribution in [1.82, 2.24) is 0 Å². The van der Waals surface area contributed by atoms with Crippen molar-refractivity contribution in [3.63, 3.8) is 0 Å². The van der Waals surface area contributed by atoms with Crippen LogP contribution in [0.4, 0.5) is 74.6 Å². The molecule has 0 heterocycles. The van der Waals surface area contributed by atoms with Crippen molar-refractivity contribution < 1.29 is 74.6 Å². The summed E-state index contributed by atoms with van der Waals surface area (Å²) in [7, 11) is 0. The summed E-state index contributed by atoms with van der Waals surface area (Å²) in [6.45, 7) is 5.50. The minimum absolute atomic E-state index is 0.0258. The lowest BCUT2D eigenvalue weighted by Crippen LogP contribution is -2.74. The summed E-state index contributed by atoms with van der Waals surface area (Å²) in [4.78, 5) is 0. The Kier molecular flexibility index (Phi) is 9.72. The highest BCUT2D eigenvalue weighted by atomic mass is 19.4. The van der Waals surface area contributed by atoms with Crippen LogP contribution in [0.25, 0.3) is 0 Å². The van der Waals surface area contributed by atoms with Gasteiger partial charge in [0, 0.05) is 5.56 Å². The van der Waals surface area contributed by atoms with Crippen molar-refractivity contribution >= 4 is 0 Å². The lowest BCUT2D eigenvalue weighted by atomic mass is 9.87. The van der Waals surface area contributed by atoms with E-state index in [1.54, 1.807) is 0 Å². The average Bonchev–Trinajstić information content (AvgIpc) is 2.72. The smallest absolute Gasteiger partial charge is 0.331 e. The predicted molar refractivity (Wildman–Crippen MR) is 94.9 cm³/mol. The van der Waals surface area contributed by atoms with Gasteiger partial charge >= 0.3 is 47.6 Å². The minimum atomic E-state index is -8.62. The van der Waals surface area contributed by atoms with Crippen LogP contribution in [0.15, 0.2) is 24.3 Å². The topological polar surface area (TPSA) is 26.0 Å². The van der Waals surface area contributed by atoms with Gasteiger partial charge in [-0.25, -0.2) is 0 Å². The van der Waals surface area contributed by atoms with Gasteiger partial charge in [-0.2, -0.15) is 74.6 Å². The Morgan fingerprint density at radius 2 is 0.811 bits per heavy atom. The highest BCUT2D eigenvalue weighted by Crippen LogP contribution is 2.65. The summed E-state index contributed by atoms with van der Waals surface area (Å²) in [5, 5.41) is 0. The molecule has 37 heavy (non-hydrogen) atoms. The van der Waals surface area contributed by atoms with Crippen LogP contribution < -0.4 is 5.73 Å². The van der Waals surface area contributed by atoms with Crippen LogP contribution >= 0.6 is 0 Å². The molecule has 0 saturated carbocycles. The largest absolute Gasteiger partial charge is 0.460 e. The first-order valence-corrected chi connectivity index (χ1v) is 9.59. The highest BCUT2D eigenvalue weighted by molar-refractivity contribution is 5.30. The van der Waals surface area contributed by atoms with Gasteiger partial charge in [-0.15, -0.1) is 0 Å². The second-order valence-electron chi connectivity index (χ2n) is 7.70. The molecule has 0 aliphatic heterocycles. The molecular formula is C19H18F17N. The Morgan fingerprint density at radius 3 is 1.08 bits per heavy atom. The summed E-state index contributed by atoms with van der Waals surface area (Å²) >= 11 is 0. The van der Waals surface area contributed by atoms with Crippen LogP contribution in [0.5, 0.6) is 0 Å². The molecule has 0 spiro atoms. The minimum Gasteiger partial charge on any atom is -0.331 e. The van der Waals surface area contributed by atoms with E-state index in [2.05, 4.69) is 0 Å². The fourth-order valence-electron chi connectivity index (χ4n) is 2.42. The molecule has 1 aromatic rings. The zero-order valence-corrected chi connectivity index (χ0v) is 18.6. The molecule has 0 bridgehead atoms. The second kappa shape index (κ2) is 10.3. The normalized spacial score (nSPS) is 15.0. The molecule has 2 N–H and O–H groups in total. The van der Waals surface area contributed by atoms with E-state index in [0.717, 1.165) is 6.54 Å². The van der Waals surface area contributed by atoms with Gasteiger partial charge in [-0.1, -0.05) is 45.0 Å². The lowest BCUT2D eigenvalue weighted by Gasteiger charge is -2.42. The molecule has 0 amide bonds. The van der Waals surface area contributed by atoms with Crippen molar-refractivity contribution in [2.75, 3.05) is 6.54 Å². The van der Waals surface area contributed by atoms with E-state index in [1.165, 1.54) is 13.8 Å². The summed E-state index contributed by atoms with van der Waals surface area (Å²) in [5.74, 6) is -56.9. The monoisotopic (exact) mass is 583 g/mol. The van der Waals surface area contributed by atoms with Crippen LogP contribution in [0, 0.1) is 0 Å². The van der Waals surface area contributed by atoms with E-state index in [9.17, 15) is 74.6 Å². The van der Waals surface area contributed by atoms with E-state index >= 15 is 0 Å². The Labute approximate surface area is 197 Å². The molecule has 0 fully saturated rings. The van der Waals surface area contributed by atoms with Gasteiger partial charge < -0.3 is 5.73 Å². The molecule has 0 unspecified atom stereocenters. The van der Waals surface area contributed by atoms with E-state index in [4.69, 9.17) is 5.73 Å². The Bertz CT molecular complexity index is 885. The SMILES string of the molecule is CC(C)c1ccc(C(F)(F)C(F)(F)C(F)(F)C(F)(F)C(F)(F)C(F)(F)C(F)(F)C(F)(F)F)cc1.CCN. The number of benzene rings is 1. The molecule has 218 valence electrons. The number of rotatable bonds is 8. The molecule has 1 aromatic carbocycles. The van der Waals surface area contributed by atoms with Crippen molar-refractivity contribution in [2.24, 2.45) is 5.73 Å². The van der Waals surface area contributed by atoms with Crippen molar-refractivity contribution in [3.05, 3.63) is 35.4 Å². The van der Waals surface area contributed by atoms with Gasteiger partial charge in [0.05, 0.1) is 0 Å². The third-order valence-electron chi connectivity index (χ3n) is 4.66. The van der Waals surface area contributed by atoms with Crippen molar-refractivity contribution in [2.45, 2.75) is 74.3 Å². The first kappa shape index (κ1) is 35.0. The third-order valence-corrected chi connectivity index (χ3v) is 4.66. The molecule has 0 radical (unpaired) electrons. The summed E-state index contributed by atoms with van der Waals surface area (Å²) in [6.07, 6.45) is -7.77. The molecular weight excluding hydrogens is 565 g/mol. The van der Waals surface area contributed by atoms with Gasteiger partial charge in [0.2, 0.25) is 0 Å². The molecule has 0 aromatic heterocycles. The molecule has 1 rings (SSSR count). The van der Waals surface area contributed by atoms with Crippen LogP contribution in [0.2, 0.25) is 0 Å². The quantitative estimate of drug-likeness (QED) is 0.307. The molecule has 0 aliphatic rings. The van der Waals surface area contributed by atoms with E-state index in [-0.39, 0.29) is 17.7 Å². The zero-order valence-electron chi connectivity index (χ0n) is 18.6. The van der Waals surface area contributed by atoms with Crippen molar-refractivity contribution in [3.8, 4) is 0 Å². The maximum absolute atomic E-state index is 14.1. The summed E-state index contributed by atoms with van der Waals surface area (Å²) < 4.78 is 225. The molecule has 0 atom stereocenters. The maximum atomic E-state index is 14.1. The third kappa shape index (κ3) is 5.30. The van der Waals surface area contributed by atoms with Gasteiger partial charge in [-0.3, -0.25) is 0 Å². The number of hydrogen-bond donors (Lipinski definition) is 1. The first-order valence-electron chi connectivity index (χ1n) is 9.59. The number of hydrogen-bond acceptors (Lipinski definition) is 1. The molecule has 0 saturated heterocycles. The van der Waals surface area contributed by atoms with E-state index in [0.29, 0.717) is 12.1 Å². The zero-order chi connectivity index (χ0) is 30.3. The van der Waals surface area contributed by atoms with Gasteiger partial charge in [0.25, 0.3) is 0 Å². The fourth-order valence-corrected chi connectivity index (χ4v) is 2.42. The lowest BCUT2D eigenvalue weighted by molar-refractivity contribution is -0.462. The van der Waals surface area contributed by atoms with Gasteiger partial charge in [0.15, 0.2) is 0 Å². The number of nitrogens with two attached hydrogens (primary N) is 1. The summed E-state index contributed by atoms with van der Waals surface area (Å²) in [6, 6.07) is 1.16.